The summed E-state index contributed by atoms with van der Waals surface area (Å²) < 4.78 is 0. The van der Waals surface area contributed by atoms with Crippen molar-refractivity contribution in [2.75, 3.05) is 25.0 Å². The second-order valence-corrected chi connectivity index (χ2v) is 5.90. The maximum Gasteiger partial charge on any atom is 0.0397 e. The average molecular weight is 280 g/mol. The van der Waals surface area contributed by atoms with Gasteiger partial charge in [0, 0.05) is 25.8 Å². The summed E-state index contributed by atoms with van der Waals surface area (Å²) in [6, 6.07) is 17.6. The number of nitrogens with zero attached hydrogens (tertiary/aromatic N) is 1. The predicted octanol–water partition coefficient (Wildman–Crippen LogP) is 3.40. The fourth-order valence-corrected chi connectivity index (χ4v) is 3.02. The van der Waals surface area contributed by atoms with Gasteiger partial charge < -0.3 is 10.2 Å². The third kappa shape index (κ3) is 3.64. The van der Waals surface area contributed by atoms with Crippen LogP contribution >= 0.6 is 0 Å². The van der Waals surface area contributed by atoms with Crippen molar-refractivity contribution in [3.05, 3.63) is 65.2 Å². The molecule has 1 heterocycles. The molecule has 0 amide bonds. The molecule has 2 heteroatoms. The first-order valence-electron chi connectivity index (χ1n) is 7.90. The minimum atomic E-state index is 0.978. The molecule has 0 aromatic heterocycles. The molecule has 0 spiro atoms. The van der Waals surface area contributed by atoms with E-state index in [2.05, 4.69) is 65.8 Å². The van der Waals surface area contributed by atoms with Gasteiger partial charge in [-0.3, -0.25) is 0 Å². The number of fused-ring (bicyclic) bond motifs is 1. The highest BCUT2D eigenvalue weighted by atomic mass is 15.1. The number of benzene rings is 2. The topological polar surface area (TPSA) is 15.3 Å². The van der Waals surface area contributed by atoms with E-state index in [9.17, 15) is 0 Å². The summed E-state index contributed by atoms with van der Waals surface area (Å²) in [5, 5.41) is 3.56. The van der Waals surface area contributed by atoms with E-state index in [1.807, 2.05) is 0 Å². The molecule has 0 radical (unpaired) electrons. The van der Waals surface area contributed by atoms with Crippen molar-refractivity contribution in [3.8, 4) is 0 Å². The minimum Gasteiger partial charge on any atom is -0.374 e. The zero-order chi connectivity index (χ0) is 14.5. The summed E-state index contributed by atoms with van der Waals surface area (Å²) in [5.41, 5.74) is 5.74. The van der Waals surface area contributed by atoms with E-state index < -0.39 is 0 Å². The molecule has 0 unspecified atom stereocenters. The number of rotatable bonds is 6. The SMILES string of the molecule is CN1CCc2cc(CNCCCc3ccccc3)ccc21. The van der Waals surface area contributed by atoms with Gasteiger partial charge in [-0.05, 0) is 48.6 Å². The molecule has 1 N–H and O–H groups in total. The fourth-order valence-electron chi connectivity index (χ4n) is 3.02. The van der Waals surface area contributed by atoms with Crippen LogP contribution in [0.5, 0.6) is 0 Å². The van der Waals surface area contributed by atoms with Crippen LogP contribution in [0.15, 0.2) is 48.5 Å². The number of anilines is 1. The first-order valence-corrected chi connectivity index (χ1v) is 7.90. The molecule has 0 saturated heterocycles. The first kappa shape index (κ1) is 14.2. The second-order valence-electron chi connectivity index (χ2n) is 5.90. The van der Waals surface area contributed by atoms with Crippen molar-refractivity contribution < 1.29 is 0 Å². The van der Waals surface area contributed by atoms with E-state index in [0.29, 0.717) is 0 Å². The Balaban J connectivity index is 1.42. The van der Waals surface area contributed by atoms with Crippen molar-refractivity contribution in [2.45, 2.75) is 25.8 Å². The lowest BCUT2D eigenvalue weighted by Crippen LogP contribution is -2.15. The minimum absolute atomic E-state index is 0.978. The third-order valence-electron chi connectivity index (χ3n) is 4.26. The molecular formula is C19H24N2. The molecule has 1 aliphatic heterocycles. The van der Waals surface area contributed by atoms with Crippen LogP contribution in [-0.4, -0.2) is 20.1 Å². The molecule has 21 heavy (non-hydrogen) atoms. The molecule has 2 aromatic rings. The van der Waals surface area contributed by atoms with Gasteiger partial charge in [-0.15, -0.1) is 0 Å². The number of hydrogen-bond acceptors (Lipinski definition) is 2. The van der Waals surface area contributed by atoms with Gasteiger partial charge in [0.15, 0.2) is 0 Å². The van der Waals surface area contributed by atoms with Gasteiger partial charge in [-0.2, -0.15) is 0 Å². The summed E-state index contributed by atoms with van der Waals surface area (Å²) in [6.07, 6.45) is 3.54. The van der Waals surface area contributed by atoms with Gasteiger partial charge in [0.2, 0.25) is 0 Å². The van der Waals surface area contributed by atoms with Gasteiger partial charge in [-0.25, -0.2) is 0 Å². The lowest BCUT2D eigenvalue weighted by atomic mass is 10.1. The van der Waals surface area contributed by atoms with Crippen LogP contribution in [0.2, 0.25) is 0 Å². The summed E-state index contributed by atoms with van der Waals surface area (Å²) >= 11 is 0. The molecule has 0 saturated carbocycles. The zero-order valence-corrected chi connectivity index (χ0v) is 12.8. The monoisotopic (exact) mass is 280 g/mol. The Morgan fingerprint density at radius 3 is 2.76 bits per heavy atom. The normalized spacial score (nSPS) is 13.5. The molecule has 110 valence electrons. The van der Waals surface area contributed by atoms with Crippen molar-refractivity contribution in [3.63, 3.8) is 0 Å². The first-order chi connectivity index (χ1) is 10.3. The Labute approximate surface area is 127 Å². The molecular weight excluding hydrogens is 256 g/mol. The summed E-state index contributed by atoms with van der Waals surface area (Å²) in [4.78, 5) is 2.34. The van der Waals surface area contributed by atoms with Crippen LogP contribution < -0.4 is 10.2 Å². The number of nitrogens with one attached hydrogen (secondary N) is 1. The number of likely N-dealkylation sites (N-methyl/N-ethyl adjacent to an activating group) is 1. The van der Waals surface area contributed by atoms with Gasteiger partial charge in [-0.1, -0.05) is 42.5 Å². The zero-order valence-electron chi connectivity index (χ0n) is 12.8. The number of aryl methyl sites for hydroxylation is 1. The van der Waals surface area contributed by atoms with Crippen molar-refractivity contribution in [1.82, 2.24) is 5.32 Å². The number of hydrogen-bond donors (Lipinski definition) is 1. The van der Waals surface area contributed by atoms with Crippen molar-refractivity contribution in [1.29, 1.82) is 0 Å². The van der Waals surface area contributed by atoms with Gasteiger partial charge in [0.05, 0.1) is 0 Å². The standard InChI is InChI=1S/C19H24N2/c1-21-13-11-18-14-17(9-10-19(18)21)15-20-12-5-8-16-6-3-2-4-7-16/h2-4,6-7,9-10,14,20H,5,8,11-13,15H2,1H3. The molecule has 0 fully saturated rings. The molecule has 2 aromatic carbocycles. The van der Waals surface area contributed by atoms with E-state index in [4.69, 9.17) is 0 Å². The van der Waals surface area contributed by atoms with Crippen LogP contribution in [0.25, 0.3) is 0 Å². The smallest absolute Gasteiger partial charge is 0.0397 e. The van der Waals surface area contributed by atoms with E-state index in [1.54, 1.807) is 0 Å². The predicted molar refractivity (Wildman–Crippen MR) is 89.9 cm³/mol. The largest absolute Gasteiger partial charge is 0.374 e. The molecule has 3 rings (SSSR count). The highest BCUT2D eigenvalue weighted by molar-refractivity contribution is 5.58. The lowest BCUT2D eigenvalue weighted by Gasteiger charge is -2.12. The highest BCUT2D eigenvalue weighted by Gasteiger charge is 2.15. The van der Waals surface area contributed by atoms with Crippen molar-refractivity contribution >= 4 is 5.69 Å². The van der Waals surface area contributed by atoms with Crippen LogP contribution in [0, 0.1) is 0 Å². The quantitative estimate of drug-likeness (QED) is 0.816. The Bertz CT molecular complexity index is 577. The van der Waals surface area contributed by atoms with E-state index >= 15 is 0 Å². The molecule has 1 aliphatic rings. The molecule has 0 bridgehead atoms. The Morgan fingerprint density at radius 1 is 1.05 bits per heavy atom. The summed E-state index contributed by atoms with van der Waals surface area (Å²) in [6.45, 7) is 3.21. The fraction of sp³-hybridized carbons (Fsp3) is 0.368. The average Bonchev–Trinajstić information content (AvgIpc) is 2.89. The Hall–Kier alpha value is -1.80. The Morgan fingerprint density at radius 2 is 1.90 bits per heavy atom. The lowest BCUT2D eigenvalue weighted by molar-refractivity contribution is 0.649. The van der Waals surface area contributed by atoms with Gasteiger partial charge in [0.25, 0.3) is 0 Å². The molecule has 0 aliphatic carbocycles. The van der Waals surface area contributed by atoms with Crippen LogP contribution in [-0.2, 0) is 19.4 Å². The van der Waals surface area contributed by atoms with E-state index in [1.165, 1.54) is 35.2 Å². The Kier molecular flexibility index (Phi) is 4.56. The summed E-state index contributed by atoms with van der Waals surface area (Å²) in [5.74, 6) is 0. The van der Waals surface area contributed by atoms with Crippen LogP contribution in [0.3, 0.4) is 0 Å². The highest BCUT2D eigenvalue weighted by Crippen LogP contribution is 2.27. The van der Waals surface area contributed by atoms with Gasteiger partial charge >= 0.3 is 0 Å². The van der Waals surface area contributed by atoms with Crippen molar-refractivity contribution in [2.24, 2.45) is 0 Å². The van der Waals surface area contributed by atoms with E-state index in [-0.39, 0.29) is 0 Å². The maximum atomic E-state index is 3.56. The summed E-state index contributed by atoms with van der Waals surface area (Å²) in [7, 11) is 2.17. The maximum absolute atomic E-state index is 3.56. The third-order valence-corrected chi connectivity index (χ3v) is 4.26. The second kappa shape index (κ2) is 6.77. The van der Waals surface area contributed by atoms with E-state index in [0.717, 1.165) is 26.1 Å². The molecule has 0 atom stereocenters. The van der Waals surface area contributed by atoms with Gasteiger partial charge in [0.1, 0.15) is 0 Å². The molecule has 2 nitrogen and oxygen atoms in total. The van der Waals surface area contributed by atoms with Crippen LogP contribution in [0.1, 0.15) is 23.1 Å². The van der Waals surface area contributed by atoms with Crippen LogP contribution in [0.4, 0.5) is 5.69 Å².